The quantitative estimate of drug-likeness (QED) is 0.554. The summed E-state index contributed by atoms with van der Waals surface area (Å²) in [5.41, 5.74) is 2.39. The number of furan rings is 1. The molecule has 1 N–H and O–H groups in total. The predicted octanol–water partition coefficient (Wildman–Crippen LogP) is 4.98. The molecule has 0 radical (unpaired) electrons. The van der Waals surface area contributed by atoms with E-state index in [9.17, 15) is 22.8 Å². The van der Waals surface area contributed by atoms with Crippen molar-refractivity contribution in [2.75, 3.05) is 38.0 Å². The lowest BCUT2D eigenvalue weighted by Crippen LogP contribution is -2.50. The summed E-state index contributed by atoms with van der Waals surface area (Å²) in [6, 6.07) is 13.5. The molecule has 0 aliphatic carbocycles. The molecule has 0 saturated carbocycles. The average molecular weight is 486 g/mol. The van der Waals surface area contributed by atoms with Gasteiger partial charge in [-0.05, 0) is 55.3 Å². The first-order chi connectivity index (χ1) is 16.6. The maximum absolute atomic E-state index is 13.0. The molecule has 2 amide bonds. The van der Waals surface area contributed by atoms with E-state index in [1.54, 1.807) is 4.90 Å². The van der Waals surface area contributed by atoms with Crippen LogP contribution in [0.4, 0.5) is 18.9 Å². The number of piperazine rings is 1. The Hall–Kier alpha value is -3.59. The third-order valence-corrected chi connectivity index (χ3v) is 6.20. The number of carbonyl (C=O) groups excluding carboxylic acids is 2. The van der Waals surface area contributed by atoms with E-state index < -0.39 is 11.7 Å². The molecule has 2 aromatic carbocycles. The van der Waals surface area contributed by atoms with Gasteiger partial charge in [-0.2, -0.15) is 13.2 Å². The van der Waals surface area contributed by atoms with E-state index in [2.05, 4.69) is 5.32 Å². The number of benzene rings is 2. The second kappa shape index (κ2) is 9.95. The van der Waals surface area contributed by atoms with Crippen LogP contribution in [0.5, 0.6) is 0 Å². The molecule has 0 spiro atoms. The van der Waals surface area contributed by atoms with Crippen LogP contribution in [-0.4, -0.2) is 54.3 Å². The number of nitrogens with one attached hydrogen (secondary N) is 1. The maximum atomic E-state index is 13.0. The first-order valence-corrected chi connectivity index (χ1v) is 11.3. The molecule has 6 nitrogen and oxygen atoms in total. The molecule has 0 bridgehead atoms. The Labute approximate surface area is 201 Å². The van der Waals surface area contributed by atoms with Gasteiger partial charge in [-0.25, -0.2) is 0 Å². The molecule has 1 fully saturated rings. The molecule has 1 aliphatic rings. The summed E-state index contributed by atoms with van der Waals surface area (Å²) in [5.74, 6) is -0.183. The first kappa shape index (κ1) is 24.5. The lowest BCUT2D eigenvalue weighted by atomic mass is 10.1. The minimum Gasteiger partial charge on any atom is -0.451 e. The number of aryl methyl sites for hydroxylation is 1. The Morgan fingerprint density at radius 2 is 1.69 bits per heavy atom. The molecule has 1 saturated heterocycles. The van der Waals surface area contributed by atoms with Crippen LogP contribution in [0.3, 0.4) is 0 Å². The second-order valence-electron chi connectivity index (χ2n) is 8.61. The summed E-state index contributed by atoms with van der Waals surface area (Å²) in [6.07, 6.45) is -4.46. The van der Waals surface area contributed by atoms with Crippen molar-refractivity contribution in [2.24, 2.45) is 0 Å². The Morgan fingerprint density at radius 1 is 0.971 bits per heavy atom. The first-order valence-electron chi connectivity index (χ1n) is 11.3. The predicted molar refractivity (Wildman–Crippen MR) is 126 cm³/mol. The van der Waals surface area contributed by atoms with Gasteiger partial charge < -0.3 is 14.6 Å². The average Bonchev–Trinajstić information content (AvgIpc) is 3.32. The van der Waals surface area contributed by atoms with Gasteiger partial charge in [-0.3, -0.25) is 14.5 Å². The zero-order chi connectivity index (χ0) is 25.2. The largest absolute Gasteiger partial charge is 0.451 e. The number of nitrogens with zero attached hydrogens (tertiary/aromatic N) is 2. The third kappa shape index (κ3) is 5.74. The molecule has 3 aromatic rings. The molecule has 9 heteroatoms. The van der Waals surface area contributed by atoms with Gasteiger partial charge in [0.1, 0.15) is 5.76 Å². The van der Waals surface area contributed by atoms with Crippen LogP contribution in [-0.2, 0) is 11.0 Å². The molecule has 184 valence electrons. The van der Waals surface area contributed by atoms with Crippen molar-refractivity contribution in [1.82, 2.24) is 9.80 Å². The van der Waals surface area contributed by atoms with E-state index in [4.69, 9.17) is 4.42 Å². The number of hydrogen-bond acceptors (Lipinski definition) is 4. The second-order valence-corrected chi connectivity index (χ2v) is 8.61. The van der Waals surface area contributed by atoms with Crippen LogP contribution < -0.4 is 5.32 Å². The Kier molecular flexibility index (Phi) is 6.98. The van der Waals surface area contributed by atoms with E-state index in [-0.39, 0.29) is 35.4 Å². The number of alkyl halides is 3. The highest BCUT2D eigenvalue weighted by atomic mass is 19.4. The van der Waals surface area contributed by atoms with E-state index in [0.29, 0.717) is 26.2 Å². The van der Waals surface area contributed by atoms with Crippen LogP contribution in [0.2, 0.25) is 0 Å². The van der Waals surface area contributed by atoms with Gasteiger partial charge >= 0.3 is 6.18 Å². The van der Waals surface area contributed by atoms with Crippen molar-refractivity contribution >= 4 is 17.5 Å². The summed E-state index contributed by atoms with van der Waals surface area (Å²) in [6.45, 7) is 6.03. The molecule has 1 aliphatic heterocycles. The minimum atomic E-state index is -4.46. The minimum absolute atomic E-state index is 0.0681. The molecular weight excluding hydrogens is 459 g/mol. The fourth-order valence-corrected chi connectivity index (χ4v) is 4.00. The number of carbonyl (C=O) groups is 2. The van der Waals surface area contributed by atoms with E-state index in [1.807, 2.05) is 36.9 Å². The highest BCUT2D eigenvalue weighted by Crippen LogP contribution is 2.32. The standard InChI is InChI=1S/C26H26F3N3O3/c1-17-5-3-8-21(18(17)2)30-24(33)16-31-11-13-32(14-12-31)25(34)23-10-9-22(35-23)19-6-4-7-20(15-19)26(27,28)29/h3-10,15H,11-14,16H2,1-2H3,(H,30,33). The third-order valence-electron chi connectivity index (χ3n) is 6.20. The number of rotatable bonds is 5. The van der Waals surface area contributed by atoms with Gasteiger partial charge in [-0.15, -0.1) is 0 Å². The van der Waals surface area contributed by atoms with Crippen molar-refractivity contribution in [2.45, 2.75) is 20.0 Å². The van der Waals surface area contributed by atoms with Gasteiger partial charge in [0.15, 0.2) is 5.76 Å². The molecular formula is C26H26F3N3O3. The highest BCUT2D eigenvalue weighted by molar-refractivity contribution is 5.93. The normalized spacial score (nSPS) is 14.7. The number of amides is 2. The zero-order valence-corrected chi connectivity index (χ0v) is 19.5. The number of anilines is 1. The highest BCUT2D eigenvalue weighted by Gasteiger charge is 2.31. The molecule has 0 unspecified atom stereocenters. The summed E-state index contributed by atoms with van der Waals surface area (Å²) < 4.78 is 44.6. The summed E-state index contributed by atoms with van der Waals surface area (Å²) in [5, 5.41) is 2.94. The number of halogens is 3. The fraction of sp³-hybridized carbons (Fsp3) is 0.308. The van der Waals surface area contributed by atoms with Crippen molar-refractivity contribution in [3.63, 3.8) is 0 Å². The van der Waals surface area contributed by atoms with Crippen molar-refractivity contribution in [3.8, 4) is 11.3 Å². The van der Waals surface area contributed by atoms with Crippen molar-refractivity contribution in [1.29, 1.82) is 0 Å². The monoisotopic (exact) mass is 485 g/mol. The fourth-order valence-electron chi connectivity index (χ4n) is 4.00. The van der Waals surface area contributed by atoms with E-state index in [1.165, 1.54) is 24.3 Å². The summed E-state index contributed by atoms with van der Waals surface area (Å²) in [4.78, 5) is 28.9. The van der Waals surface area contributed by atoms with Gasteiger partial charge in [0, 0.05) is 37.4 Å². The van der Waals surface area contributed by atoms with Crippen LogP contribution in [0.25, 0.3) is 11.3 Å². The Bertz CT molecular complexity index is 1230. The smallest absolute Gasteiger partial charge is 0.416 e. The van der Waals surface area contributed by atoms with Crippen LogP contribution >= 0.6 is 0 Å². The Morgan fingerprint density at radius 3 is 2.40 bits per heavy atom. The van der Waals surface area contributed by atoms with Gasteiger partial charge in [0.05, 0.1) is 12.1 Å². The van der Waals surface area contributed by atoms with E-state index >= 15 is 0 Å². The molecule has 2 heterocycles. The lowest BCUT2D eigenvalue weighted by molar-refractivity contribution is -0.137. The van der Waals surface area contributed by atoms with Crippen LogP contribution in [0, 0.1) is 13.8 Å². The lowest BCUT2D eigenvalue weighted by Gasteiger charge is -2.33. The van der Waals surface area contributed by atoms with E-state index in [0.717, 1.165) is 28.9 Å². The molecule has 1 aromatic heterocycles. The van der Waals surface area contributed by atoms with Gasteiger partial charge in [0.2, 0.25) is 5.91 Å². The summed E-state index contributed by atoms with van der Waals surface area (Å²) >= 11 is 0. The number of hydrogen-bond donors (Lipinski definition) is 1. The van der Waals surface area contributed by atoms with Crippen molar-refractivity contribution < 1.29 is 27.2 Å². The maximum Gasteiger partial charge on any atom is 0.416 e. The molecule has 0 atom stereocenters. The Balaban J connectivity index is 1.32. The summed E-state index contributed by atoms with van der Waals surface area (Å²) in [7, 11) is 0. The molecule has 4 rings (SSSR count). The van der Waals surface area contributed by atoms with Gasteiger partial charge in [-0.1, -0.05) is 24.3 Å². The van der Waals surface area contributed by atoms with Crippen LogP contribution in [0.1, 0.15) is 27.2 Å². The molecule has 35 heavy (non-hydrogen) atoms. The zero-order valence-electron chi connectivity index (χ0n) is 19.5. The van der Waals surface area contributed by atoms with Crippen molar-refractivity contribution in [3.05, 3.63) is 77.0 Å². The van der Waals surface area contributed by atoms with Crippen LogP contribution in [0.15, 0.2) is 59.0 Å². The topological polar surface area (TPSA) is 65.8 Å². The van der Waals surface area contributed by atoms with Gasteiger partial charge in [0.25, 0.3) is 5.91 Å². The SMILES string of the molecule is Cc1cccc(NC(=O)CN2CCN(C(=O)c3ccc(-c4cccc(C(F)(F)F)c4)o3)CC2)c1C.